The third kappa shape index (κ3) is 34.4. The monoisotopic (exact) mass is 1720 g/mol. The first-order chi connectivity index (χ1) is 58.2. The van der Waals surface area contributed by atoms with Gasteiger partial charge in [0.25, 0.3) is 0 Å². The summed E-state index contributed by atoms with van der Waals surface area (Å²) in [6.07, 6.45) is -0.0221. The number of amides is 13. The molecule has 1 fully saturated rings. The van der Waals surface area contributed by atoms with E-state index in [1.54, 1.807) is 71.9 Å². The van der Waals surface area contributed by atoms with Crippen molar-refractivity contribution < 1.29 is 87.2 Å². The number of esters is 1. The molecule has 17 atom stereocenters. The van der Waals surface area contributed by atoms with E-state index in [0.29, 0.717) is 28.8 Å². The predicted molar refractivity (Wildman–Crippen MR) is 449 cm³/mol. The number of hydrogen-bond acceptors (Lipinski definition) is 23. The molecule has 0 unspecified atom stereocenters. The Kier molecular flexibility index (Phi) is 40.9. The number of phenolic OH excluding ortho intramolecular Hbond substituents is 2. The molecule has 1 aliphatic rings. The van der Waals surface area contributed by atoms with Crippen LogP contribution >= 0.6 is 0 Å². The molecule has 43 heteroatoms. The molecule has 123 heavy (non-hydrogen) atoms. The highest BCUT2D eigenvalue weighted by Crippen LogP contribution is 2.41. The minimum atomic E-state index is -1.91. The number of H-pyrrole nitrogens is 1. The van der Waals surface area contributed by atoms with Gasteiger partial charge in [0.2, 0.25) is 76.8 Å². The van der Waals surface area contributed by atoms with E-state index < -0.39 is 209 Å². The number of aliphatic hydroxyl groups is 1. The van der Waals surface area contributed by atoms with Crippen molar-refractivity contribution in [3.8, 4) is 11.5 Å². The Balaban J connectivity index is 1.38. The van der Waals surface area contributed by atoms with Gasteiger partial charge in [-0.05, 0) is 111 Å². The number of nitrogens with zero attached hydrogens (tertiary/aromatic N) is 1. The smallest absolute Gasteiger partial charge is 0.312 e. The third-order valence-electron chi connectivity index (χ3n) is 20.4. The summed E-state index contributed by atoms with van der Waals surface area (Å²) >= 11 is 0. The lowest BCUT2D eigenvalue weighted by Gasteiger charge is -2.31. The maximum absolute atomic E-state index is 14.8. The maximum atomic E-state index is 14.8. The summed E-state index contributed by atoms with van der Waals surface area (Å²) in [7, 11) is 0. The van der Waals surface area contributed by atoms with E-state index in [4.69, 9.17) is 55.4 Å². The number of carbonyl (C=O) groups excluding carboxylic acids is 14. The molecule has 0 aliphatic heterocycles. The van der Waals surface area contributed by atoms with E-state index >= 15 is 0 Å². The Hall–Kier alpha value is -13.2. The highest BCUT2D eigenvalue weighted by molar-refractivity contribution is 6.01. The molecular formula is C80H121N25O18. The molecule has 43 nitrogen and oxygen atoms in total. The number of primary amides is 2. The van der Waals surface area contributed by atoms with E-state index in [1.807, 2.05) is 0 Å². The van der Waals surface area contributed by atoms with Crippen molar-refractivity contribution in [1.82, 2.24) is 84.4 Å². The standard InChI is InChI=1S/C80H121N25O18/c1-8-41(5)61(102-72(117)55(34-45-23-27-49(108)28-24-45)100-69(114)56(35-47-37-90-39-94-47)98-66(111)50(81)18-13-29-91-78(84)85)74(119)101-57(36-58(82)109)70(115)99-54(32-40(3)4)71(116)103-62(42(6)9-2)75(120)104-63(43(7)106)76(121)96-52(20-15-31-93-80(88)89)68(113)105-64-59(60(64)77(122)123-38-46-16-11-10-12-17-46)73(118)95-51(19-14-30-92-79(86)87)67(112)97-53(65(83)110)33-44-21-25-48(107)26-22-44/h10-12,16-17,21-28,37,39-43,50-57,59-64,106-108H,8-9,13-15,18-20,29-36,38,81H2,1-7H3,(H2,82,109)(H2,83,110)(H,90,94)(H,95,118)(H,96,121)(H,97,112)(H,98,111)(H,99,115)(H,100,114)(H,101,119)(H,102,117)(H,103,116)(H,104,120)(H,105,113)(H4,84,85,91)(H4,86,87,92)(H4,88,89,93)/t41-,42-,43+,50-,51-,52-,53-,54-,55-,56-,57-,59+,60+,61-,62-,63-,64-/m0/s1. The number of nitrogens with two attached hydrogens (primary N) is 6. The lowest BCUT2D eigenvalue weighted by molar-refractivity contribution is -0.148. The Morgan fingerprint density at radius 1 is 0.472 bits per heavy atom. The first-order valence-electron chi connectivity index (χ1n) is 40.5. The third-order valence-corrected chi connectivity index (χ3v) is 20.4. The minimum absolute atomic E-state index is 0.00587. The molecule has 4 aromatic rings. The Morgan fingerprint density at radius 3 is 1.38 bits per heavy atom. The average Bonchev–Trinajstić information content (AvgIpc) is 1.59. The first-order valence-corrected chi connectivity index (χ1v) is 40.5. The summed E-state index contributed by atoms with van der Waals surface area (Å²) in [5.74, 6) is -19.9. The molecule has 1 aromatic heterocycles. The van der Waals surface area contributed by atoms with Gasteiger partial charge < -0.3 is 134 Å². The largest absolute Gasteiger partial charge is 0.508 e. The van der Waals surface area contributed by atoms with Gasteiger partial charge in [-0.25, -0.2) is 4.98 Å². The van der Waals surface area contributed by atoms with Gasteiger partial charge >= 0.3 is 5.97 Å². The van der Waals surface area contributed by atoms with E-state index in [-0.39, 0.29) is 114 Å². The SMILES string of the molecule is CC[C@H](C)[C@H](NC(=O)[C@H](Cc1ccc(O)cc1)NC(=O)[C@H](Cc1c[nH]cn1)NC(=O)[C@@H](N)CCCNC(=N)N)C(=O)N[C@@H](CC(N)=O)C(=O)N[C@@H](CC(C)C)C(=O)N[C@H](C(=O)N[C@H](C(=O)N[C@@H](CCCNC(=N)N)C(=O)N[C@H]1[C@H](C(=O)N[C@@H](CCCNC(=N)N)C(=O)N[C@@H](Cc2ccc(O)cc2)C(N)=O)[C@H]1C(=O)OCc1ccccc1)[C@@H](C)O)[C@@H](C)CC. The van der Waals surface area contributed by atoms with Gasteiger partial charge in [0.05, 0.1) is 48.5 Å². The highest BCUT2D eigenvalue weighted by Gasteiger charge is 2.61. The Morgan fingerprint density at radius 2 is 0.894 bits per heavy atom. The number of nitrogens with one attached hydrogen (secondary N) is 18. The number of hydrogen-bond donors (Lipinski definition) is 27. The van der Waals surface area contributed by atoms with Gasteiger partial charge in [-0.1, -0.05) is 109 Å². The molecule has 1 heterocycles. The number of aliphatic hydroxyl groups excluding tert-OH is 1. The zero-order chi connectivity index (χ0) is 91.3. The second-order valence-electron chi connectivity index (χ2n) is 30.8. The fourth-order valence-electron chi connectivity index (χ4n) is 13.0. The molecule has 1 aliphatic carbocycles. The van der Waals surface area contributed by atoms with Gasteiger partial charge in [0.1, 0.15) is 78.5 Å². The van der Waals surface area contributed by atoms with Gasteiger partial charge in [-0.15, -0.1) is 0 Å². The van der Waals surface area contributed by atoms with Crippen LogP contribution < -0.4 is 109 Å². The summed E-state index contributed by atoms with van der Waals surface area (Å²) in [6, 6.07) is 1.53. The maximum Gasteiger partial charge on any atom is 0.312 e. The van der Waals surface area contributed by atoms with E-state index in [1.165, 1.54) is 61.1 Å². The molecule has 0 spiro atoms. The van der Waals surface area contributed by atoms with Crippen LogP contribution in [0.4, 0.5) is 0 Å². The normalized spacial score (nSPS) is 16.7. The van der Waals surface area contributed by atoms with Crippen LogP contribution in [0.1, 0.15) is 135 Å². The van der Waals surface area contributed by atoms with Crippen molar-refractivity contribution >= 4 is 101 Å². The van der Waals surface area contributed by atoms with Crippen LogP contribution in [0.5, 0.6) is 11.5 Å². The van der Waals surface area contributed by atoms with Crippen LogP contribution in [0.3, 0.4) is 0 Å². The van der Waals surface area contributed by atoms with Crippen LogP contribution in [0.15, 0.2) is 91.4 Å². The summed E-state index contributed by atoms with van der Waals surface area (Å²) in [4.78, 5) is 206. The minimum Gasteiger partial charge on any atom is -0.508 e. The van der Waals surface area contributed by atoms with Gasteiger partial charge in [0, 0.05) is 45.1 Å². The van der Waals surface area contributed by atoms with Crippen molar-refractivity contribution in [2.75, 3.05) is 19.6 Å². The number of carbonyl (C=O) groups is 14. The molecule has 674 valence electrons. The topological polar surface area (TPSA) is 734 Å². The zero-order valence-electron chi connectivity index (χ0n) is 70.0. The zero-order valence-corrected chi connectivity index (χ0v) is 70.0. The van der Waals surface area contributed by atoms with Gasteiger partial charge in [0.15, 0.2) is 17.9 Å². The number of aromatic nitrogens is 2. The Bertz CT molecular complexity index is 4260. The molecule has 13 amide bonds. The fraction of sp³-hybridized carbons (Fsp3) is 0.525. The van der Waals surface area contributed by atoms with Gasteiger partial charge in [-0.2, -0.15) is 0 Å². The summed E-state index contributed by atoms with van der Waals surface area (Å²) in [5.41, 5.74) is 35.8. The molecule has 0 saturated heterocycles. The van der Waals surface area contributed by atoms with Gasteiger partial charge in [-0.3, -0.25) is 83.4 Å². The van der Waals surface area contributed by atoms with Crippen LogP contribution in [0.25, 0.3) is 0 Å². The van der Waals surface area contributed by atoms with E-state index in [9.17, 15) is 82.4 Å². The lowest BCUT2D eigenvalue weighted by Crippen LogP contribution is -2.63. The number of ether oxygens (including phenoxy) is 1. The number of phenols is 2. The second-order valence-corrected chi connectivity index (χ2v) is 30.8. The van der Waals surface area contributed by atoms with Crippen molar-refractivity contribution in [1.29, 1.82) is 16.2 Å². The number of aromatic amines is 1. The molecule has 3 aromatic carbocycles. The quantitative estimate of drug-likeness (QED) is 0.00853. The van der Waals surface area contributed by atoms with E-state index in [2.05, 4.69) is 84.4 Å². The molecule has 5 rings (SSSR count). The molecule has 0 radical (unpaired) electrons. The average molecular weight is 1720 g/mol. The van der Waals surface area contributed by atoms with Crippen molar-refractivity contribution in [3.05, 3.63) is 114 Å². The van der Waals surface area contributed by atoms with Crippen LogP contribution in [-0.4, -0.2) is 224 Å². The molecule has 0 bridgehead atoms. The second kappa shape index (κ2) is 50.1. The number of imidazole rings is 1. The number of rotatable bonds is 53. The summed E-state index contributed by atoms with van der Waals surface area (Å²) in [6.45, 7) is 11.0. The van der Waals surface area contributed by atoms with Crippen molar-refractivity contribution in [3.63, 3.8) is 0 Å². The first kappa shape index (κ1) is 100. The lowest BCUT2D eigenvalue weighted by atomic mass is 9.95. The van der Waals surface area contributed by atoms with Crippen molar-refractivity contribution in [2.24, 2.45) is 64.0 Å². The summed E-state index contributed by atoms with van der Waals surface area (Å²) < 4.78 is 5.65. The van der Waals surface area contributed by atoms with Crippen LogP contribution in [0, 0.1) is 45.8 Å². The summed E-state index contributed by atoms with van der Waals surface area (Å²) in [5, 5.41) is 90.3. The van der Waals surface area contributed by atoms with Crippen LogP contribution in [0.2, 0.25) is 0 Å². The van der Waals surface area contributed by atoms with Crippen LogP contribution in [-0.2, 0) is 97.7 Å². The van der Waals surface area contributed by atoms with E-state index in [0.717, 1.165) is 6.92 Å². The fourth-order valence-corrected chi connectivity index (χ4v) is 13.0. The molecular weight excluding hydrogens is 1600 g/mol. The number of aromatic hydroxyl groups is 2. The van der Waals surface area contributed by atoms with Crippen molar-refractivity contribution in [2.45, 2.75) is 217 Å². The number of benzene rings is 3. The predicted octanol–water partition coefficient (Wildman–Crippen LogP) is -4.83. The molecule has 33 N–H and O–H groups in total. The molecule has 1 saturated carbocycles. The highest BCUT2D eigenvalue weighted by atomic mass is 16.5. The number of guanidine groups is 3. The Labute approximate surface area is 711 Å².